The van der Waals surface area contributed by atoms with Gasteiger partial charge in [0.25, 0.3) is 5.91 Å². The highest BCUT2D eigenvalue weighted by Gasteiger charge is 2.32. The maximum atomic E-state index is 12.7. The van der Waals surface area contributed by atoms with Crippen molar-refractivity contribution < 1.29 is 4.79 Å². The Hall–Kier alpha value is -2.95. The fourth-order valence-electron chi connectivity index (χ4n) is 2.85. The predicted molar refractivity (Wildman–Crippen MR) is 124 cm³/mol. The molecular formula is C22H20N4OS2. The molecule has 1 saturated heterocycles. The van der Waals surface area contributed by atoms with Gasteiger partial charge in [-0.05, 0) is 67.5 Å². The fourth-order valence-corrected chi connectivity index (χ4v) is 4.02. The second-order valence-electron chi connectivity index (χ2n) is 6.24. The van der Waals surface area contributed by atoms with Crippen molar-refractivity contribution in [2.75, 3.05) is 18.0 Å². The summed E-state index contributed by atoms with van der Waals surface area (Å²) in [5.41, 5.74) is 3.46. The Labute approximate surface area is 180 Å². The molecule has 146 valence electrons. The molecule has 2 aromatic carbocycles. The maximum absolute atomic E-state index is 12.7. The first-order valence-electron chi connectivity index (χ1n) is 9.22. The Bertz CT molecular complexity index is 1000. The number of nitrogens with zero attached hydrogens (tertiary/aromatic N) is 4. The fraction of sp³-hybridized carbons (Fsp3) is 0.182. The SMILES string of the molecule is CCN(CC)c1ccc(/C=N/N2C(=O)/C(=C\c3ccc(C#N)cc3)SC2=S)cc1. The van der Waals surface area contributed by atoms with Crippen molar-refractivity contribution in [2.45, 2.75) is 13.8 Å². The van der Waals surface area contributed by atoms with Crippen LogP contribution >= 0.6 is 24.0 Å². The summed E-state index contributed by atoms with van der Waals surface area (Å²) in [6.45, 7) is 6.15. The second kappa shape index (κ2) is 9.50. The number of hydrogen-bond donors (Lipinski definition) is 0. The lowest BCUT2D eigenvalue weighted by Gasteiger charge is -2.20. The highest BCUT2D eigenvalue weighted by Crippen LogP contribution is 2.32. The van der Waals surface area contributed by atoms with Gasteiger partial charge in [-0.25, -0.2) is 0 Å². The summed E-state index contributed by atoms with van der Waals surface area (Å²) in [5.74, 6) is -0.250. The van der Waals surface area contributed by atoms with Crippen molar-refractivity contribution >= 4 is 52.2 Å². The van der Waals surface area contributed by atoms with E-state index in [2.05, 4.69) is 29.9 Å². The summed E-state index contributed by atoms with van der Waals surface area (Å²) >= 11 is 6.53. The van der Waals surface area contributed by atoms with Crippen LogP contribution in [0.1, 0.15) is 30.5 Å². The van der Waals surface area contributed by atoms with Gasteiger partial charge < -0.3 is 4.90 Å². The maximum Gasteiger partial charge on any atom is 0.286 e. The van der Waals surface area contributed by atoms with Crippen molar-refractivity contribution in [1.29, 1.82) is 5.26 Å². The summed E-state index contributed by atoms with van der Waals surface area (Å²) < 4.78 is 0.394. The number of thiocarbonyl (C=S) groups is 1. The molecule has 0 bridgehead atoms. The molecule has 5 nitrogen and oxygen atoms in total. The average molecular weight is 421 g/mol. The number of anilines is 1. The summed E-state index contributed by atoms with van der Waals surface area (Å²) in [5, 5.41) is 14.4. The molecular weight excluding hydrogens is 400 g/mol. The van der Waals surface area contributed by atoms with Crippen LogP contribution in [0.4, 0.5) is 5.69 Å². The van der Waals surface area contributed by atoms with E-state index in [4.69, 9.17) is 17.5 Å². The van der Waals surface area contributed by atoms with Crippen molar-refractivity contribution in [2.24, 2.45) is 5.10 Å². The zero-order valence-corrected chi connectivity index (χ0v) is 17.8. The van der Waals surface area contributed by atoms with Crippen LogP contribution in [0.3, 0.4) is 0 Å². The Morgan fingerprint density at radius 3 is 2.31 bits per heavy atom. The van der Waals surface area contributed by atoms with Crippen molar-refractivity contribution in [1.82, 2.24) is 5.01 Å². The smallest absolute Gasteiger partial charge is 0.286 e. The van der Waals surface area contributed by atoms with E-state index in [1.165, 1.54) is 16.8 Å². The summed E-state index contributed by atoms with van der Waals surface area (Å²) in [7, 11) is 0. The molecule has 3 rings (SSSR count). The molecule has 0 spiro atoms. The van der Waals surface area contributed by atoms with Crippen LogP contribution in [0.2, 0.25) is 0 Å². The molecule has 1 aliphatic heterocycles. The van der Waals surface area contributed by atoms with Crippen LogP contribution < -0.4 is 4.90 Å². The van der Waals surface area contributed by atoms with Gasteiger partial charge in [-0.1, -0.05) is 36.0 Å². The molecule has 29 heavy (non-hydrogen) atoms. The number of rotatable bonds is 6. The van der Waals surface area contributed by atoms with Gasteiger partial charge in [-0.3, -0.25) is 4.79 Å². The van der Waals surface area contributed by atoms with E-state index in [1.807, 2.05) is 24.3 Å². The zero-order chi connectivity index (χ0) is 20.8. The largest absolute Gasteiger partial charge is 0.372 e. The minimum absolute atomic E-state index is 0.250. The molecule has 7 heteroatoms. The number of amides is 1. The minimum atomic E-state index is -0.250. The molecule has 1 fully saturated rings. The van der Waals surface area contributed by atoms with Gasteiger partial charge in [-0.2, -0.15) is 15.4 Å². The van der Waals surface area contributed by atoms with E-state index in [-0.39, 0.29) is 5.91 Å². The number of nitriles is 1. The van der Waals surface area contributed by atoms with E-state index in [1.54, 1.807) is 36.6 Å². The highest BCUT2D eigenvalue weighted by molar-refractivity contribution is 8.26. The third kappa shape index (κ3) is 4.91. The van der Waals surface area contributed by atoms with Crippen molar-refractivity contribution in [3.05, 3.63) is 70.1 Å². The number of hydrogen-bond acceptors (Lipinski definition) is 6. The summed E-state index contributed by atoms with van der Waals surface area (Å²) in [4.78, 5) is 15.4. The Morgan fingerprint density at radius 1 is 1.10 bits per heavy atom. The number of benzene rings is 2. The average Bonchev–Trinajstić information content (AvgIpc) is 3.01. The Morgan fingerprint density at radius 2 is 1.72 bits per heavy atom. The van der Waals surface area contributed by atoms with Gasteiger partial charge in [0.05, 0.1) is 22.8 Å². The number of carbonyl (C=O) groups excluding carboxylic acids is 1. The van der Waals surface area contributed by atoms with Gasteiger partial charge in [0.1, 0.15) is 0 Å². The van der Waals surface area contributed by atoms with E-state index < -0.39 is 0 Å². The predicted octanol–water partition coefficient (Wildman–Crippen LogP) is 4.64. The van der Waals surface area contributed by atoms with Gasteiger partial charge >= 0.3 is 0 Å². The first kappa shape index (κ1) is 20.8. The van der Waals surface area contributed by atoms with Gasteiger partial charge in [0, 0.05) is 18.8 Å². The molecule has 0 N–H and O–H groups in total. The van der Waals surface area contributed by atoms with E-state index in [0.29, 0.717) is 14.8 Å². The molecule has 0 aromatic heterocycles. The third-order valence-corrected chi connectivity index (χ3v) is 5.74. The lowest BCUT2D eigenvalue weighted by atomic mass is 10.1. The minimum Gasteiger partial charge on any atom is -0.372 e. The highest BCUT2D eigenvalue weighted by atomic mass is 32.2. The molecule has 0 saturated carbocycles. The van der Waals surface area contributed by atoms with Crippen molar-refractivity contribution in [3.8, 4) is 6.07 Å². The normalized spacial score (nSPS) is 15.3. The Kier molecular flexibility index (Phi) is 6.81. The number of carbonyl (C=O) groups is 1. The molecule has 1 heterocycles. The van der Waals surface area contributed by atoms with Crippen LogP contribution in [0.25, 0.3) is 6.08 Å². The number of thioether (sulfide) groups is 1. The first-order valence-corrected chi connectivity index (χ1v) is 10.4. The van der Waals surface area contributed by atoms with Crippen LogP contribution in [-0.2, 0) is 4.79 Å². The van der Waals surface area contributed by atoms with Crippen molar-refractivity contribution in [3.63, 3.8) is 0 Å². The van der Waals surface area contributed by atoms with Crippen LogP contribution in [0.15, 0.2) is 58.5 Å². The zero-order valence-electron chi connectivity index (χ0n) is 16.2. The molecule has 0 aliphatic carbocycles. The quantitative estimate of drug-likeness (QED) is 0.387. The summed E-state index contributed by atoms with van der Waals surface area (Å²) in [6, 6.07) is 17.1. The molecule has 1 aliphatic rings. The lowest BCUT2D eigenvalue weighted by Crippen LogP contribution is -2.22. The number of hydrazone groups is 1. The van der Waals surface area contributed by atoms with E-state index in [0.717, 1.165) is 29.9 Å². The second-order valence-corrected chi connectivity index (χ2v) is 7.91. The molecule has 0 atom stereocenters. The third-order valence-electron chi connectivity index (χ3n) is 4.45. The van der Waals surface area contributed by atoms with Gasteiger partial charge in [-0.15, -0.1) is 0 Å². The topological polar surface area (TPSA) is 59.7 Å². The Balaban J connectivity index is 1.72. The van der Waals surface area contributed by atoms with Crippen LogP contribution in [0.5, 0.6) is 0 Å². The van der Waals surface area contributed by atoms with Crippen LogP contribution in [0, 0.1) is 11.3 Å². The van der Waals surface area contributed by atoms with Gasteiger partial charge in [0.2, 0.25) is 0 Å². The molecule has 1 amide bonds. The first-order chi connectivity index (χ1) is 14.0. The van der Waals surface area contributed by atoms with Gasteiger partial charge in [0.15, 0.2) is 4.32 Å². The molecule has 0 unspecified atom stereocenters. The van der Waals surface area contributed by atoms with E-state index >= 15 is 0 Å². The molecule has 0 radical (unpaired) electrons. The van der Waals surface area contributed by atoms with Crippen LogP contribution in [-0.4, -0.2) is 34.5 Å². The summed E-state index contributed by atoms with van der Waals surface area (Å²) in [6.07, 6.45) is 3.40. The molecule has 2 aromatic rings. The standard InChI is InChI=1S/C22H20N4OS2/c1-3-25(4-2)19-11-9-18(10-12-19)15-24-26-21(27)20(29-22(26)28)13-16-5-7-17(14-23)8-6-16/h5-13,15H,3-4H2,1-2H3/b20-13+,24-15+. The lowest BCUT2D eigenvalue weighted by molar-refractivity contribution is -0.122. The monoisotopic (exact) mass is 420 g/mol. The van der Waals surface area contributed by atoms with E-state index in [9.17, 15) is 4.79 Å².